The number of alkyl halides is 3. The molecule has 0 aliphatic carbocycles. The Kier molecular flexibility index (Phi) is 5.86. The summed E-state index contributed by atoms with van der Waals surface area (Å²) in [6.07, 6.45) is -3.99. The van der Waals surface area contributed by atoms with Gasteiger partial charge in [0, 0.05) is 12.6 Å². The van der Waals surface area contributed by atoms with Crippen molar-refractivity contribution in [3.05, 3.63) is 81.5 Å². The van der Waals surface area contributed by atoms with Crippen LogP contribution in [0.25, 0.3) is 5.69 Å². The Balaban J connectivity index is 1.85. The lowest BCUT2D eigenvalue weighted by Crippen LogP contribution is -2.23. The van der Waals surface area contributed by atoms with Crippen molar-refractivity contribution in [2.45, 2.75) is 19.7 Å². The summed E-state index contributed by atoms with van der Waals surface area (Å²) in [5.41, 5.74) is 0.168. The van der Waals surface area contributed by atoms with E-state index < -0.39 is 17.4 Å². The van der Waals surface area contributed by atoms with Crippen molar-refractivity contribution in [2.75, 3.05) is 0 Å². The van der Waals surface area contributed by atoms with Crippen molar-refractivity contribution in [1.82, 2.24) is 14.3 Å². The number of para-hydroxylation sites is 1. The van der Waals surface area contributed by atoms with Gasteiger partial charge in [0.15, 0.2) is 6.29 Å². The van der Waals surface area contributed by atoms with Gasteiger partial charge in [-0.25, -0.2) is 14.0 Å². The third-order valence-electron chi connectivity index (χ3n) is 4.32. The summed E-state index contributed by atoms with van der Waals surface area (Å²) >= 11 is 0. The summed E-state index contributed by atoms with van der Waals surface area (Å²) < 4.78 is 40.8. The fourth-order valence-corrected chi connectivity index (χ4v) is 2.81. The standard InChI is InChI=1S/C20H17F3N4O3/c1-13(14-7-5-8-16(10-14)20(21,22)23)25-30-12-15-6-3-4-9-17(15)27-18(11-28)24-26(2)19(27)29/h3-11H,12H2,1-2H3/b25-13+. The molecule has 0 unspecified atom stereocenters. The fourth-order valence-electron chi connectivity index (χ4n) is 2.81. The molecule has 10 heteroatoms. The van der Waals surface area contributed by atoms with Crippen LogP contribution >= 0.6 is 0 Å². The molecule has 0 fully saturated rings. The molecule has 1 heterocycles. The minimum absolute atomic E-state index is 0.0707. The Morgan fingerprint density at radius 2 is 1.93 bits per heavy atom. The van der Waals surface area contributed by atoms with Crippen LogP contribution in [0.4, 0.5) is 13.2 Å². The molecule has 0 N–H and O–H groups in total. The van der Waals surface area contributed by atoms with E-state index in [0.29, 0.717) is 17.5 Å². The Morgan fingerprint density at radius 3 is 2.63 bits per heavy atom. The monoisotopic (exact) mass is 418 g/mol. The first-order valence-electron chi connectivity index (χ1n) is 8.76. The van der Waals surface area contributed by atoms with Crippen molar-refractivity contribution >= 4 is 12.0 Å². The molecule has 0 aliphatic heterocycles. The average molecular weight is 418 g/mol. The molecule has 0 atom stereocenters. The lowest BCUT2D eigenvalue weighted by atomic mass is 10.1. The van der Waals surface area contributed by atoms with Gasteiger partial charge in [-0.2, -0.15) is 13.2 Å². The summed E-state index contributed by atoms with van der Waals surface area (Å²) in [6.45, 7) is 1.45. The topological polar surface area (TPSA) is 78.5 Å². The minimum Gasteiger partial charge on any atom is -0.391 e. The fraction of sp³-hybridized carbons (Fsp3) is 0.200. The minimum atomic E-state index is -4.46. The molecular weight excluding hydrogens is 401 g/mol. The van der Waals surface area contributed by atoms with Crippen LogP contribution in [0, 0.1) is 0 Å². The highest BCUT2D eigenvalue weighted by Gasteiger charge is 2.30. The van der Waals surface area contributed by atoms with E-state index in [1.165, 1.54) is 26.1 Å². The molecule has 0 amide bonds. The van der Waals surface area contributed by atoms with Crippen molar-refractivity contribution in [3.8, 4) is 5.69 Å². The molecule has 156 valence electrons. The third-order valence-corrected chi connectivity index (χ3v) is 4.32. The average Bonchev–Trinajstić information content (AvgIpc) is 3.01. The van der Waals surface area contributed by atoms with Crippen LogP contribution in [-0.4, -0.2) is 26.3 Å². The van der Waals surface area contributed by atoms with E-state index in [1.807, 2.05) is 0 Å². The van der Waals surface area contributed by atoms with Crippen LogP contribution in [0.5, 0.6) is 0 Å². The molecule has 0 spiro atoms. The molecule has 3 aromatic rings. The first kappa shape index (κ1) is 21.0. The van der Waals surface area contributed by atoms with E-state index in [2.05, 4.69) is 10.3 Å². The van der Waals surface area contributed by atoms with E-state index in [1.54, 1.807) is 24.3 Å². The van der Waals surface area contributed by atoms with Gasteiger partial charge < -0.3 is 4.84 Å². The third kappa shape index (κ3) is 4.32. The number of aldehydes is 1. The molecule has 0 saturated carbocycles. The molecule has 7 nitrogen and oxygen atoms in total. The highest BCUT2D eigenvalue weighted by atomic mass is 19.4. The lowest BCUT2D eigenvalue weighted by molar-refractivity contribution is -0.137. The van der Waals surface area contributed by atoms with Crippen LogP contribution in [0.2, 0.25) is 0 Å². The molecule has 0 radical (unpaired) electrons. The van der Waals surface area contributed by atoms with Gasteiger partial charge in [-0.05, 0) is 30.7 Å². The number of hydrogen-bond acceptors (Lipinski definition) is 5. The highest BCUT2D eigenvalue weighted by molar-refractivity contribution is 5.98. The maximum Gasteiger partial charge on any atom is 0.416 e. The number of halogens is 3. The summed E-state index contributed by atoms with van der Waals surface area (Å²) in [4.78, 5) is 28.9. The van der Waals surface area contributed by atoms with E-state index in [4.69, 9.17) is 4.84 Å². The second-order valence-corrected chi connectivity index (χ2v) is 6.38. The normalized spacial score (nSPS) is 12.1. The van der Waals surface area contributed by atoms with Crippen LogP contribution in [0.1, 0.15) is 34.2 Å². The first-order chi connectivity index (χ1) is 14.2. The number of rotatable bonds is 6. The number of aryl methyl sites for hydroxylation is 1. The van der Waals surface area contributed by atoms with Gasteiger partial charge in [0.25, 0.3) is 0 Å². The predicted octanol–water partition coefficient (Wildman–Crippen LogP) is 3.34. The SMILES string of the molecule is C/C(=N\OCc1ccccc1-n1c(C=O)nn(C)c1=O)c1cccc(C(F)(F)F)c1. The number of nitrogens with zero attached hydrogens (tertiary/aromatic N) is 4. The Labute approximate surface area is 169 Å². The number of oxime groups is 1. The molecule has 0 bridgehead atoms. The van der Waals surface area contributed by atoms with Gasteiger partial charge in [0.2, 0.25) is 5.82 Å². The van der Waals surface area contributed by atoms with E-state index in [9.17, 15) is 22.8 Å². The number of hydrogen-bond donors (Lipinski definition) is 0. The van der Waals surface area contributed by atoms with Crippen molar-refractivity contribution in [3.63, 3.8) is 0 Å². The summed E-state index contributed by atoms with van der Waals surface area (Å²) in [7, 11) is 1.42. The largest absolute Gasteiger partial charge is 0.416 e. The molecule has 0 aliphatic rings. The molecular formula is C20H17F3N4O3. The zero-order chi connectivity index (χ0) is 21.9. The van der Waals surface area contributed by atoms with Crippen molar-refractivity contribution in [2.24, 2.45) is 12.2 Å². The molecule has 3 rings (SSSR count). The summed E-state index contributed by atoms with van der Waals surface area (Å²) in [6, 6.07) is 11.5. The quantitative estimate of drug-likeness (QED) is 0.349. The maximum absolute atomic E-state index is 12.9. The number of aromatic nitrogens is 3. The van der Waals surface area contributed by atoms with Gasteiger partial charge in [-0.3, -0.25) is 4.79 Å². The van der Waals surface area contributed by atoms with Gasteiger partial charge >= 0.3 is 11.9 Å². The Morgan fingerprint density at radius 1 is 1.20 bits per heavy atom. The van der Waals surface area contributed by atoms with Crippen LogP contribution < -0.4 is 5.69 Å². The van der Waals surface area contributed by atoms with Crippen LogP contribution in [0.15, 0.2) is 58.5 Å². The summed E-state index contributed by atoms with van der Waals surface area (Å²) in [5.74, 6) is -0.0707. The Bertz CT molecular complexity index is 1160. The summed E-state index contributed by atoms with van der Waals surface area (Å²) in [5, 5.41) is 7.75. The second-order valence-electron chi connectivity index (χ2n) is 6.38. The zero-order valence-electron chi connectivity index (χ0n) is 16.1. The van der Waals surface area contributed by atoms with Gasteiger partial charge in [-0.1, -0.05) is 35.5 Å². The lowest BCUT2D eigenvalue weighted by Gasteiger charge is -2.10. The number of benzene rings is 2. The van der Waals surface area contributed by atoms with Crippen LogP contribution in [0.3, 0.4) is 0 Å². The van der Waals surface area contributed by atoms with Crippen molar-refractivity contribution < 1.29 is 22.8 Å². The highest BCUT2D eigenvalue weighted by Crippen LogP contribution is 2.29. The van der Waals surface area contributed by atoms with Gasteiger partial charge in [0.05, 0.1) is 17.0 Å². The molecule has 30 heavy (non-hydrogen) atoms. The van der Waals surface area contributed by atoms with Gasteiger partial charge in [0.1, 0.15) is 6.61 Å². The smallest absolute Gasteiger partial charge is 0.391 e. The zero-order valence-corrected chi connectivity index (χ0v) is 16.1. The second kappa shape index (κ2) is 8.36. The van der Waals surface area contributed by atoms with E-state index in [-0.39, 0.29) is 23.7 Å². The number of carbonyl (C=O) groups excluding carboxylic acids is 1. The van der Waals surface area contributed by atoms with Crippen molar-refractivity contribution in [1.29, 1.82) is 0 Å². The number of carbonyl (C=O) groups is 1. The van der Waals surface area contributed by atoms with Crippen LogP contribution in [-0.2, 0) is 24.7 Å². The van der Waals surface area contributed by atoms with E-state index in [0.717, 1.165) is 21.4 Å². The first-order valence-corrected chi connectivity index (χ1v) is 8.76. The van der Waals surface area contributed by atoms with Gasteiger partial charge in [-0.15, -0.1) is 5.10 Å². The van der Waals surface area contributed by atoms with E-state index >= 15 is 0 Å². The maximum atomic E-state index is 12.9. The molecule has 0 saturated heterocycles. The Hall–Kier alpha value is -3.69. The molecule has 2 aromatic carbocycles. The predicted molar refractivity (Wildman–Crippen MR) is 103 cm³/mol. The molecule has 1 aromatic heterocycles.